The fraction of sp³-hybridized carbons (Fsp3) is 0.385. The second kappa shape index (κ2) is 4.46. The first kappa shape index (κ1) is 13.2. The van der Waals surface area contributed by atoms with E-state index in [0.717, 1.165) is 4.90 Å². The van der Waals surface area contributed by atoms with E-state index in [2.05, 4.69) is 4.98 Å². The Balaban J connectivity index is 2.36. The van der Waals surface area contributed by atoms with Crippen LogP contribution in [0.4, 0.5) is 5.69 Å². The number of piperidine rings is 1. The molecular weight excluding hydrogens is 248 g/mol. The molecular formula is C13H14N2O4. The molecule has 19 heavy (non-hydrogen) atoms. The van der Waals surface area contributed by atoms with Crippen LogP contribution < -0.4 is 4.90 Å². The molecule has 2 heterocycles. The van der Waals surface area contributed by atoms with Crippen molar-refractivity contribution in [1.82, 2.24) is 4.98 Å². The SMILES string of the molecule is CC1(C)CC(=O)N(c2cncc(C(=O)O)c2)C(=O)C1. The minimum atomic E-state index is -1.15. The zero-order valence-corrected chi connectivity index (χ0v) is 10.7. The number of aromatic nitrogens is 1. The van der Waals surface area contributed by atoms with E-state index in [1.807, 2.05) is 13.8 Å². The molecule has 0 bridgehead atoms. The molecule has 1 saturated heterocycles. The van der Waals surface area contributed by atoms with Gasteiger partial charge in [-0.2, -0.15) is 0 Å². The predicted molar refractivity (Wildman–Crippen MR) is 66.7 cm³/mol. The first-order valence-electron chi connectivity index (χ1n) is 5.84. The van der Waals surface area contributed by atoms with Gasteiger partial charge in [-0.1, -0.05) is 13.8 Å². The lowest BCUT2D eigenvalue weighted by molar-refractivity contribution is -0.132. The van der Waals surface area contributed by atoms with Crippen molar-refractivity contribution in [3.8, 4) is 0 Å². The van der Waals surface area contributed by atoms with E-state index in [-0.39, 0.29) is 41.3 Å². The fourth-order valence-corrected chi connectivity index (χ4v) is 2.13. The molecule has 0 saturated carbocycles. The van der Waals surface area contributed by atoms with Crippen LogP contribution in [0.15, 0.2) is 18.5 Å². The molecule has 0 radical (unpaired) electrons. The van der Waals surface area contributed by atoms with Crippen LogP contribution in [-0.4, -0.2) is 27.9 Å². The lowest BCUT2D eigenvalue weighted by Gasteiger charge is -2.34. The van der Waals surface area contributed by atoms with Gasteiger partial charge in [-0.3, -0.25) is 14.6 Å². The third kappa shape index (κ3) is 2.62. The quantitative estimate of drug-likeness (QED) is 0.815. The van der Waals surface area contributed by atoms with Gasteiger partial charge in [0.25, 0.3) is 0 Å². The topological polar surface area (TPSA) is 87.6 Å². The highest BCUT2D eigenvalue weighted by atomic mass is 16.4. The zero-order chi connectivity index (χ0) is 14.2. The maximum absolute atomic E-state index is 12.0. The van der Waals surface area contributed by atoms with Crippen LogP contribution in [0, 0.1) is 5.41 Å². The molecule has 0 aromatic carbocycles. The molecule has 2 rings (SSSR count). The number of carbonyl (C=O) groups is 3. The van der Waals surface area contributed by atoms with Crippen molar-refractivity contribution in [2.75, 3.05) is 4.90 Å². The van der Waals surface area contributed by atoms with Gasteiger partial charge in [0.1, 0.15) is 0 Å². The van der Waals surface area contributed by atoms with Crippen molar-refractivity contribution in [3.05, 3.63) is 24.0 Å². The van der Waals surface area contributed by atoms with Crippen LogP contribution in [0.1, 0.15) is 37.0 Å². The number of rotatable bonds is 2. The van der Waals surface area contributed by atoms with Crippen molar-refractivity contribution < 1.29 is 19.5 Å². The highest BCUT2D eigenvalue weighted by Crippen LogP contribution is 2.33. The zero-order valence-electron chi connectivity index (χ0n) is 10.7. The average Bonchev–Trinajstić information content (AvgIpc) is 2.26. The number of pyridine rings is 1. The standard InChI is InChI=1S/C13H14N2O4/c1-13(2)4-10(16)15(11(17)5-13)9-3-8(12(18)19)6-14-7-9/h3,6-7H,4-5H2,1-2H3,(H,18,19). The summed E-state index contributed by atoms with van der Waals surface area (Å²) >= 11 is 0. The Bertz CT molecular complexity index is 546. The van der Waals surface area contributed by atoms with Crippen molar-refractivity contribution in [1.29, 1.82) is 0 Å². The van der Waals surface area contributed by atoms with Gasteiger partial charge in [-0.05, 0) is 11.5 Å². The first-order valence-corrected chi connectivity index (χ1v) is 5.84. The van der Waals surface area contributed by atoms with Gasteiger partial charge in [0.2, 0.25) is 11.8 Å². The lowest BCUT2D eigenvalue weighted by atomic mass is 9.81. The molecule has 1 fully saturated rings. The van der Waals surface area contributed by atoms with Crippen molar-refractivity contribution in [2.45, 2.75) is 26.7 Å². The number of carboxylic acids is 1. The maximum Gasteiger partial charge on any atom is 0.337 e. The van der Waals surface area contributed by atoms with Gasteiger partial charge in [-0.15, -0.1) is 0 Å². The summed E-state index contributed by atoms with van der Waals surface area (Å²) in [4.78, 5) is 39.7. The Labute approximate surface area is 110 Å². The smallest absolute Gasteiger partial charge is 0.337 e. The molecule has 0 aliphatic carbocycles. The van der Waals surface area contributed by atoms with Gasteiger partial charge in [0.05, 0.1) is 17.4 Å². The molecule has 1 aliphatic heterocycles. The van der Waals surface area contributed by atoms with Gasteiger partial charge in [0, 0.05) is 19.0 Å². The highest BCUT2D eigenvalue weighted by molar-refractivity contribution is 6.17. The van der Waals surface area contributed by atoms with Crippen LogP contribution in [0.25, 0.3) is 0 Å². The summed E-state index contributed by atoms with van der Waals surface area (Å²) < 4.78 is 0. The van der Waals surface area contributed by atoms with Crippen LogP contribution in [0.5, 0.6) is 0 Å². The minimum Gasteiger partial charge on any atom is -0.478 e. The average molecular weight is 262 g/mol. The summed E-state index contributed by atoms with van der Waals surface area (Å²) in [6, 6.07) is 1.28. The Hall–Kier alpha value is -2.24. The van der Waals surface area contributed by atoms with Crippen LogP contribution in [0.2, 0.25) is 0 Å². The molecule has 1 N–H and O–H groups in total. The number of hydrogen-bond donors (Lipinski definition) is 1. The van der Waals surface area contributed by atoms with E-state index in [1.54, 1.807) is 0 Å². The number of hydrogen-bond acceptors (Lipinski definition) is 4. The normalized spacial score (nSPS) is 18.5. The molecule has 6 heteroatoms. The minimum absolute atomic E-state index is 0.0528. The number of carbonyl (C=O) groups excluding carboxylic acids is 2. The number of nitrogens with zero attached hydrogens (tertiary/aromatic N) is 2. The van der Waals surface area contributed by atoms with Crippen molar-refractivity contribution >= 4 is 23.5 Å². The Morgan fingerprint density at radius 2 is 1.84 bits per heavy atom. The number of aromatic carboxylic acids is 1. The molecule has 1 aromatic heterocycles. The van der Waals surface area contributed by atoms with E-state index in [0.29, 0.717) is 0 Å². The molecule has 2 amide bonds. The van der Waals surface area contributed by atoms with E-state index in [9.17, 15) is 14.4 Å². The summed E-state index contributed by atoms with van der Waals surface area (Å²) in [6.45, 7) is 3.71. The van der Waals surface area contributed by atoms with E-state index in [4.69, 9.17) is 5.11 Å². The summed E-state index contributed by atoms with van der Waals surface area (Å²) in [7, 11) is 0. The third-order valence-corrected chi connectivity index (χ3v) is 2.99. The molecule has 0 spiro atoms. The third-order valence-electron chi connectivity index (χ3n) is 2.99. The van der Waals surface area contributed by atoms with Gasteiger partial charge in [-0.25, -0.2) is 9.69 Å². The van der Waals surface area contributed by atoms with Gasteiger partial charge < -0.3 is 5.11 Å². The molecule has 100 valence electrons. The summed E-state index contributed by atoms with van der Waals surface area (Å²) in [5, 5.41) is 8.89. The predicted octanol–water partition coefficient (Wildman–Crippen LogP) is 1.46. The largest absolute Gasteiger partial charge is 0.478 e. The van der Waals surface area contributed by atoms with E-state index >= 15 is 0 Å². The number of carboxylic acid groups (broad SMARTS) is 1. The monoisotopic (exact) mass is 262 g/mol. The van der Waals surface area contributed by atoms with Crippen LogP contribution >= 0.6 is 0 Å². The van der Waals surface area contributed by atoms with Crippen LogP contribution in [0.3, 0.4) is 0 Å². The summed E-state index contributed by atoms with van der Waals surface area (Å²) in [5.74, 6) is -1.80. The van der Waals surface area contributed by atoms with Crippen molar-refractivity contribution in [2.24, 2.45) is 5.41 Å². The molecule has 0 atom stereocenters. The molecule has 6 nitrogen and oxygen atoms in total. The molecule has 1 aliphatic rings. The van der Waals surface area contributed by atoms with Crippen molar-refractivity contribution in [3.63, 3.8) is 0 Å². The first-order chi connectivity index (χ1) is 8.80. The van der Waals surface area contributed by atoms with Crippen LogP contribution in [-0.2, 0) is 9.59 Å². The second-order valence-electron chi connectivity index (χ2n) is 5.38. The Kier molecular flexibility index (Phi) is 3.09. The number of imide groups is 1. The number of anilines is 1. The van der Waals surface area contributed by atoms with E-state index < -0.39 is 5.97 Å². The van der Waals surface area contributed by atoms with Gasteiger partial charge in [0.15, 0.2) is 0 Å². The fourth-order valence-electron chi connectivity index (χ4n) is 2.13. The lowest BCUT2D eigenvalue weighted by Crippen LogP contribution is -2.46. The number of amides is 2. The molecule has 0 unspecified atom stereocenters. The summed E-state index contributed by atoms with van der Waals surface area (Å²) in [5.41, 5.74) is -0.198. The summed E-state index contributed by atoms with van der Waals surface area (Å²) in [6.07, 6.45) is 2.99. The molecule has 1 aromatic rings. The van der Waals surface area contributed by atoms with E-state index in [1.165, 1.54) is 18.5 Å². The Morgan fingerprint density at radius 3 is 2.37 bits per heavy atom. The highest BCUT2D eigenvalue weighted by Gasteiger charge is 2.38. The van der Waals surface area contributed by atoms with Gasteiger partial charge >= 0.3 is 5.97 Å². The second-order valence-corrected chi connectivity index (χ2v) is 5.38. The Morgan fingerprint density at radius 1 is 1.26 bits per heavy atom. The maximum atomic E-state index is 12.0.